The Morgan fingerprint density at radius 3 is 2.38 bits per heavy atom. The Hall–Kier alpha value is -2.27. The standard InChI is InChI=1S/C19H26N2O3/c1-13-7-6-8-14(2)19(13)23-12-18(22)20-11-16(21(4)5)17-10-9-15(3)24-17/h6-10,16H,11-12H2,1-5H3,(H,20,22)/t16-/m0/s1. The van der Waals surface area contributed by atoms with Crippen molar-refractivity contribution in [3.8, 4) is 5.75 Å². The number of nitrogens with one attached hydrogen (secondary N) is 1. The summed E-state index contributed by atoms with van der Waals surface area (Å²) < 4.78 is 11.4. The van der Waals surface area contributed by atoms with Crippen molar-refractivity contribution >= 4 is 5.91 Å². The third-order valence-corrected chi connectivity index (χ3v) is 3.96. The second-order valence-corrected chi connectivity index (χ2v) is 6.24. The van der Waals surface area contributed by atoms with Gasteiger partial charge in [-0.1, -0.05) is 18.2 Å². The third kappa shape index (κ3) is 4.61. The molecule has 0 aliphatic heterocycles. The summed E-state index contributed by atoms with van der Waals surface area (Å²) >= 11 is 0. The van der Waals surface area contributed by atoms with E-state index in [1.165, 1.54) is 0 Å². The van der Waals surface area contributed by atoms with Crippen LogP contribution in [0.4, 0.5) is 0 Å². The molecule has 1 heterocycles. The number of furan rings is 1. The fourth-order valence-corrected chi connectivity index (χ4v) is 2.60. The number of rotatable bonds is 7. The lowest BCUT2D eigenvalue weighted by Crippen LogP contribution is -2.36. The van der Waals surface area contributed by atoms with Crippen molar-refractivity contribution < 1.29 is 13.9 Å². The van der Waals surface area contributed by atoms with Gasteiger partial charge in [0, 0.05) is 6.54 Å². The van der Waals surface area contributed by atoms with Crippen LogP contribution in [0, 0.1) is 20.8 Å². The van der Waals surface area contributed by atoms with E-state index < -0.39 is 0 Å². The van der Waals surface area contributed by atoms with Gasteiger partial charge in [-0.25, -0.2) is 0 Å². The molecule has 130 valence electrons. The van der Waals surface area contributed by atoms with Gasteiger partial charge in [0.1, 0.15) is 17.3 Å². The van der Waals surface area contributed by atoms with Crippen molar-refractivity contribution in [3.05, 3.63) is 53.0 Å². The predicted octanol–water partition coefficient (Wildman–Crippen LogP) is 3.00. The molecule has 2 rings (SSSR count). The molecule has 2 aromatic rings. The first-order chi connectivity index (χ1) is 11.4. The Bertz CT molecular complexity index is 671. The molecule has 24 heavy (non-hydrogen) atoms. The number of hydrogen-bond acceptors (Lipinski definition) is 4. The molecule has 0 saturated heterocycles. The van der Waals surface area contributed by atoms with Crippen molar-refractivity contribution in [2.45, 2.75) is 26.8 Å². The van der Waals surface area contributed by atoms with E-state index in [0.29, 0.717) is 6.54 Å². The van der Waals surface area contributed by atoms with Gasteiger partial charge in [0.15, 0.2) is 6.61 Å². The highest BCUT2D eigenvalue weighted by Gasteiger charge is 2.18. The molecular weight excluding hydrogens is 304 g/mol. The minimum atomic E-state index is -0.146. The molecule has 0 aliphatic rings. The fourth-order valence-electron chi connectivity index (χ4n) is 2.60. The van der Waals surface area contributed by atoms with Crippen LogP contribution in [-0.2, 0) is 4.79 Å². The van der Waals surface area contributed by atoms with Crippen LogP contribution < -0.4 is 10.1 Å². The van der Waals surface area contributed by atoms with Crippen molar-refractivity contribution in [2.24, 2.45) is 0 Å². The van der Waals surface area contributed by atoms with Gasteiger partial charge in [-0.05, 0) is 58.1 Å². The summed E-state index contributed by atoms with van der Waals surface area (Å²) in [6.45, 7) is 6.33. The number of ether oxygens (including phenoxy) is 1. The molecule has 5 nitrogen and oxygen atoms in total. The number of likely N-dealkylation sites (N-methyl/N-ethyl adjacent to an activating group) is 1. The zero-order valence-electron chi connectivity index (χ0n) is 15.1. The van der Waals surface area contributed by atoms with E-state index >= 15 is 0 Å². The summed E-state index contributed by atoms with van der Waals surface area (Å²) in [6.07, 6.45) is 0. The van der Waals surface area contributed by atoms with E-state index in [2.05, 4.69) is 5.32 Å². The first kappa shape index (κ1) is 18.1. The maximum absolute atomic E-state index is 12.1. The van der Waals surface area contributed by atoms with Gasteiger partial charge < -0.3 is 14.5 Å². The van der Waals surface area contributed by atoms with Crippen LogP contribution in [0.2, 0.25) is 0 Å². The summed E-state index contributed by atoms with van der Waals surface area (Å²) in [6, 6.07) is 9.79. The minimum absolute atomic E-state index is 0.00300. The topological polar surface area (TPSA) is 54.7 Å². The number of nitrogens with zero attached hydrogens (tertiary/aromatic N) is 1. The summed E-state index contributed by atoms with van der Waals surface area (Å²) in [7, 11) is 3.92. The molecule has 0 radical (unpaired) electrons. The zero-order chi connectivity index (χ0) is 17.7. The maximum Gasteiger partial charge on any atom is 0.258 e. The number of para-hydroxylation sites is 1. The molecule has 1 aromatic carbocycles. The van der Waals surface area contributed by atoms with Crippen LogP contribution in [0.25, 0.3) is 0 Å². The Labute approximate surface area is 143 Å². The van der Waals surface area contributed by atoms with Crippen LogP contribution in [0.15, 0.2) is 34.7 Å². The number of benzene rings is 1. The highest BCUT2D eigenvalue weighted by Crippen LogP contribution is 2.22. The Kier molecular flexibility index (Phi) is 6.04. The predicted molar refractivity (Wildman–Crippen MR) is 94.3 cm³/mol. The average Bonchev–Trinajstić information content (AvgIpc) is 2.93. The van der Waals surface area contributed by atoms with Gasteiger partial charge in [-0.2, -0.15) is 0 Å². The molecule has 1 amide bonds. The minimum Gasteiger partial charge on any atom is -0.483 e. The van der Waals surface area contributed by atoms with Gasteiger partial charge in [0.2, 0.25) is 0 Å². The monoisotopic (exact) mass is 330 g/mol. The maximum atomic E-state index is 12.1. The Morgan fingerprint density at radius 1 is 1.17 bits per heavy atom. The highest BCUT2D eigenvalue weighted by atomic mass is 16.5. The summed E-state index contributed by atoms with van der Waals surface area (Å²) in [5.74, 6) is 2.33. The first-order valence-electron chi connectivity index (χ1n) is 8.07. The highest BCUT2D eigenvalue weighted by molar-refractivity contribution is 5.77. The van der Waals surface area contributed by atoms with E-state index in [-0.39, 0.29) is 18.6 Å². The van der Waals surface area contributed by atoms with Gasteiger partial charge in [0.05, 0.1) is 6.04 Å². The van der Waals surface area contributed by atoms with E-state index in [9.17, 15) is 4.79 Å². The van der Waals surface area contributed by atoms with Crippen LogP contribution >= 0.6 is 0 Å². The summed E-state index contributed by atoms with van der Waals surface area (Å²) in [5.41, 5.74) is 2.06. The van der Waals surface area contributed by atoms with Crippen molar-refractivity contribution in [1.29, 1.82) is 0 Å². The number of aryl methyl sites for hydroxylation is 3. The van der Waals surface area contributed by atoms with E-state index in [4.69, 9.17) is 9.15 Å². The largest absolute Gasteiger partial charge is 0.483 e. The smallest absolute Gasteiger partial charge is 0.258 e. The van der Waals surface area contributed by atoms with Crippen molar-refractivity contribution in [1.82, 2.24) is 10.2 Å². The van der Waals surface area contributed by atoms with E-state index in [1.54, 1.807) is 0 Å². The molecule has 5 heteroatoms. The molecule has 0 aliphatic carbocycles. The molecular formula is C19H26N2O3. The van der Waals surface area contributed by atoms with Crippen molar-refractivity contribution in [3.63, 3.8) is 0 Å². The van der Waals surface area contributed by atoms with Gasteiger partial charge >= 0.3 is 0 Å². The van der Waals surface area contributed by atoms with E-state index in [0.717, 1.165) is 28.4 Å². The summed E-state index contributed by atoms with van der Waals surface area (Å²) in [4.78, 5) is 14.1. The zero-order valence-corrected chi connectivity index (χ0v) is 15.1. The number of hydrogen-bond donors (Lipinski definition) is 1. The lowest BCUT2D eigenvalue weighted by molar-refractivity contribution is -0.123. The van der Waals surface area contributed by atoms with E-state index in [1.807, 2.05) is 70.1 Å². The lowest BCUT2D eigenvalue weighted by Gasteiger charge is -2.22. The fraction of sp³-hybridized carbons (Fsp3) is 0.421. The van der Waals surface area contributed by atoms with Gasteiger partial charge in [-0.3, -0.25) is 9.69 Å². The normalized spacial score (nSPS) is 12.2. The third-order valence-electron chi connectivity index (χ3n) is 3.96. The van der Waals surface area contributed by atoms with Crippen LogP contribution in [-0.4, -0.2) is 38.1 Å². The number of amides is 1. The summed E-state index contributed by atoms with van der Waals surface area (Å²) in [5, 5.41) is 2.92. The van der Waals surface area contributed by atoms with Crippen molar-refractivity contribution in [2.75, 3.05) is 27.2 Å². The Balaban J connectivity index is 1.90. The molecule has 0 spiro atoms. The molecule has 1 atom stereocenters. The second-order valence-electron chi connectivity index (χ2n) is 6.24. The van der Waals surface area contributed by atoms with Crippen LogP contribution in [0.5, 0.6) is 5.75 Å². The van der Waals surface area contributed by atoms with Crippen LogP contribution in [0.1, 0.15) is 28.7 Å². The average molecular weight is 330 g/mol. The molecule has 1 aromatic heterocycles. The van der Waals surface area contributed by atoms with Gasteiger partial charge in [0.25, 0.3) is 5.91 Å². The van der Waals surface area contributed by atoms with Gasteiger partial charge in [-0.15, -0.1) is 0 Å². The molecule has 0 fully saturated rings. The number of carbonyl (C=O) groups excluding carboxylic acids is 1. The lowest BCUT2D eigenvalue weighted by atomic mass is 10.1. The molecule has 0 unspecified atom stereocenters. The Morgan fingerprint density at radius 2 is 1.83 bits per heavy atom. The SMILES string of the molecule is Cc1ccc([C@H](CNC(=O)COc2c(C)cccc2C)N(C)C)o1. The molecule has 0 bridgehead atoms. The first-order valence-corrected chi connectivity index (χ1v) is 8.07. The molecule has 1 N–H and O–H groups in total. The van der Waals surface area contributed by atoms with Crippen LogP contribution in [0.3, 0.4) is 0 Å². The quantitative estimate of drug-likeness (QED) is 0.848. The molecule has 0 saturated carbocycles. The number of carbonyl (C=O) groups is 1. The second kappa shape index (κ2) is 8.02.